The minimum absolute atomic E-state index is 0.342. The molecule has 2 unspecified atom stereocenters. The molecule has 108 valence electrons. The lowest BCUT2D eigenvalue weighted by atomic mass is 9.84. The van der Waals surface area contributed by atoms with Gasteiger partial charge in [-0.15, -0.1) is 0 Å². The Bertz CT molecular complexity index is 197. The lowest BCUT2D eigenvalue weighted by Crippen LogP contribution is -2.43. The molecule has 1 saturated carbocycles. The lowest BCUT2D eigenvalue weighted by molar-refractivity contribution is 0.187. The van der Waals surface area contributed by atoms with Gasteiger partial charge >= 0.3 is 0 Å². The molecule has 1 aliphatic carbocycles. The number of aliphatic hydroxyl groups is 1. The van der Waals surface area contributed by atoms with E-state index in [4.69, 9.17) is 5.11 Å². The van der Waals surface area contributed by atoms with Crippen LogP contribution in [0, 0.1) is 5.92 Å². The highest BCUT2D eigenvalue weighted by atomic mass is 16.2. The molecule has 0 aromatic rings. The number of nitrogens with one attached hydrogen (secondary N) is 1. The van der Waals surface area contributed by atoms with Crippen LogP contribution in [0.15, 0.2) is 0 Å². The minimum Gasteiger partial charge on any atom is -0.396 e. The SMILES string of the molecule is CCNC1CCCCC1CN(C)CCCCCO. The van der Waals surface area contributed by atoms with Gasteiger partial charge < -0.3 is 15.3 Å². The van der Waals surface area contributed by atoms with Crippen LogP contribution in [0.25, 0.3) is 0 Å². The Labute approximate surface area is 113 Å². The van der Waals surface area contributed by atoms with Crippen LogP contribution in [0.1, 0.15) is 51.9 Å². The number of hydrogen-bond donors (Lipinski definition) is 2. The van der Waals surface area contributed by atoms with Crippen LogP contribution >= 0.6 is 0 Å². The summed E-state index contributed by atoms with van der Waals surface area (Å²) in [5.74, 6) is 0.835. The van der Waals surface area contributed by atoms with Gasteiger partial charge in [-0.3, -0.25) is 0 Å². The molecule has 3 nitrogen and oxygen atoms in total. The van der Waals surface area contributed by atoms with Gasteiger partial charge in [0.05, 0.1) is 0 Å². The van der Waals surface area contributed by atoms with Crippen LogP contribution in [0.5, 0.6) is 0 Å². The standard InChI is InChI=1S/C15H32N2O/c1-3-16-15-10-6-5-9-14(15)13-17(2)11-7-4-8-12-18/h14-16,18H,3-13H2,1-2H3. The fourth-order valence-corrected chi connectivity index (χ4v) is 3.12. The van der Waals surface area contributed by atoms with E-state index in [-0.39, 0.29) is 0 Å². The number of aliphatic hydroxyl groups excluding tert-OH is 1. The van der Waals surface area contributed by atoms with Crippen LogP contribution in [0.4, 0.5) is 0 Å². The predicted molar refractivity (Wildman–Crippen MR) is 77.9 cm³/mol. The first-order chi connectivity index (χ1) is 8.77. The summed E-state index contributed by atoms with van der Waals surface area (Å²) >= 11 is 0. The summed E-state index contributed by atoms with van der Waals surface area (Å²) in [4.78, 5) is 2.48. The minimum atomic E-state index is 0.342. The molecular formula is C15H32N2O. The maximum atomic E-state index is 8.76. The van der Waals surface area contributed by atoms with Crippen LogP contribution in [-0.2, 0) is 0 Å². The average Bonchev–Trinajstić information content (AvgIpc) is 2.37. The summed E-state index contributed by atoms with van der Waals surface area (Å²) in [6.07, 6.45) is 8.88. The third-order valence-electron chi connectivity index (χ3n) is 4.12. The van der Waals surface area contributed by atoms with E-state index in [9.17, 15) is 0 Å². The maximum absolute atomic E-state index is 8.76. The Kier molecular flexibility index (Phi) is 8.64. The summed E-state index contributed by atoms with van der Waals surface area (Å²) in [6.45, 7) is 6.06. The fourth-order valence-electron chi connectivity index (χ4n) is 3.12. The van der Waals surface area contributed by atoms with Crippen molar-refractivity contribution < 1.29 is 5.11 Å². The van der Waals surface area contributed by atoms with Gasteiger partial charge in [-0.2, -0.15) is 0 Å². The Morgan fingerprint density at radius 2 is 1.94 bits per heavy atom. The first-order valence-electron chi connectivity index (χ1n) is 7.80. The third-order valence-corrected chi connectivity index (χ3v) is 4.12. The topological polar surface area (TPSA) is 35.5 Å². The Morgan fingerprint density at radius 3 is 2.67 bits per heavy atom. The number of rotatable bonds is 9. The Morgan fingerprint density at radius 1 is 1.17 bits per heavy atom. The normalized spacial score (nSPS) is 24.7. The van der Waals surface area contributed by atoms with Gasteiger partial charge in [-0.25, -0.2) is 0 Å². The molecule has 1 rings (SSSR count). The highest BCUT2D eigenvalue weighted by Crippen LogP contribution is 2.25. The van der Waals surface area contributed by atoms with E-state index in [0.717, 1.165) is 31.3 Å². The zero-order valence-corrected chi connectivity index (χ0v) is 12.3. The summed E-state index contributed by atoms with van der Waals surface area (Å²) in [5.41, 5.74) is 0. The van der Waals surface area contributed by atoms with Crippen LogP contribution in [0.3, 0.4) is 0 Å². The largest absolute Gasteiger partial charge is 0.396 e. The monoisotopic (exact) mass is 256 g/mol. The molecule has 2 N–H and O–H groups in total. The van der Waals surface area contributed by atoms with Gasteiger partial charge in [0.15, 0.2) is 0 Å². The van der Waals surface area contributed by atoms with Gasteiger partial charge in [0.2, 0.25) is 0 Å². The second-order valence-electron chi connectivity index (χ2n) is 5.76. The molecule has 1 aliphatic rings. The molecule has 18 heavy (non-hydrogen) atoms. The molecule has 0 bridgehead atoms. The van der Waals surface area contributed by atoms with Gasteiger partial charge in [0.25, 0.3) is 0 Å². The summed E-state index contributed by atoms with van der Waals surface area (Å²) in [6, 6.07) is 0.739. The average molecular weight is 256 g/mol. The highest BCUT2D eigenvalue weighted by Gasteiger charge is 2.24. The summed E-state index contributed by atoms with van der Waals surface area (Å²) in [7, 11) is 2.25. The molecular weight excluding hydrogens is 224 g/mol. The predicted octanol–water partition coefficient (Wildman–Crippen LogP) is 2.25. The molecule has 0 saturated heterocycles. The van der Waals surface area contributed by atoms with Crippen LogP contribution in [0.2, 0.25) is 0 Å². The van der Waals surface area contributed by atoms with E-state index in [1.807, 2.05) is 0 Å². The smallest absolute Gasteiger partial charge is 0.0431 e. The van der Waals surface area contributed by atoms with Gasteiger partial charge in [-0.1, -0.05) is 19.8 Å². The quantitative estimate of drug-likeness (QED) is 0.621. The molecule has 0 aromatic heterocycles. The molecule has 0 amide bonds. The summed E-state index contributed by atoms with van der Waals surface area (Å²) < 4.78 is 0. The van der Waals surface area contributed by atoms with Crippen molar-refractivity contribution in [1.82, 2.24) is 10.2 Å². The van der Waals surface area contributed by atoms with Crippen LogP contribution in [-0.4, -0.2) is 49.3 Å². The van der Waals surface area contributed by atoms with Crippen molar-refractivity contribution in [2.45, 2.75) is 57.9 Å². The van der Waals surface area contributed by atoms with Crippen molar-refractivity contribution in [3.63, 3.8) is 0 Å². The van der Waals surface area contributed by atoms with Crippen molar-refractivity contribution in [2.75, 3.05) is 33.3 Å². The zero-order valence-electron chi connectivity index (χ0n) is 12.3. The van der Waals surface area contributed by atoms with E-state index in [1.165, 1.54) is 45.2 Å². The van der Waals surface area contributed by atoms with Crippen molar-refractivity contribution in [2.24, 2.45) is 5.92 Å². The Balaban J connectivity index is 2.20. The van der Waals surface area contributed by atoms with E-state index in [2.05, 4.69) is 24.2 Å². The molecule has 0 heterocycles. The number of hydrogen-bond acceptors (Lipinski definition) is 3. The van der Waals surface area contributed by atoms with Gasteiger partial charge in [0, 0.05) is 19.2 Å². The second kappa shape index (κ2) is 9.76. The molecule has 1 fully saturated rings. The van der Waals surface area contributed by atoms with Crippen LogP contribution < -0.4 is 5.32 Å². The van der Waals surface area contributed by atoms with Crippen molar-refractivity contribution in [3.05, 3.63) is 0 Å². The molecule has 0 aromatic carbocycles. The number of nitrogens with zero attached hydrogens (tertiary/aromatic N) is 1. The lowest BCUT2D eigenvalue weighted by Gasteiger charge is -2.35. The molecule has 3 heteroatoms. The van der Waals surface area contributed by atoms with Crippen molar-refractivity contribution in [3.8, 4) is 0 Å². The summed E-state index contributed by atoms with van der Waals surface area (Å²) in [5, 5.41) is 12.4. The van der Waals surface area contributed by atoms with Gasteiger partial charge in [0.1, 0.15) is 0 Å². The molecule has 0 spiro atoms. The van der Waals surface area contributed by atoms with E-state index < -0.39 is 0 Å². The highest BCUT2D eigenvalue weighted by molar-refractivity contribution is 4.82. The van der Waals surface area contributed by atoms with E-state index in [0.29, 0.717) is 6.61 Å². The number of unbranched alkanes of at least 4 members (excludes halogenated alkanes) is 2. The molecule has 2 atom stereocenters. The first-order valence-corrected chi connectivity index (χ1v) is 7.80. The van der Waals surface area contributed by atoms with Gasteiger partial charge in [-0.05, 0) is 58.2 Å². The van der Waals surface area contributed by atoms with Crippen molar-refractivity contribution in [1.29, 1.82) is 0 Å². The maximum Gasteiger partial charge on any atom is 0.0431 e. The second-order valence-corrected chi connectivity index (χ2v) is 5.76. The third kappa shape index (κ3) is 6.17. The van der Waals surface area contributed by atoms with E-state index >= 15 is 0 Å². The zero-order chi connectivity index (χ0) is 13.2. The molecule has 0 radical (unpaired) electrons. The molecule has 0 aliphatic heterocycles. The Hall–Kier alpha value is -0.120. The first kappa shape index (κ1) is 15.9. The van der Waals surface area contributed by atoms with Crippen molar-refractivity contribution >= 4 is 0 Å². The van der Waals surface area contributed by atoms with E-state index in [1.54, 1.807) is 0 Å². The fraction of sp³-hybridized carbons (Fsp3) is 1.00.